The summed E-state index contributed by atoms with van der Waals surface area (Å²) in [5.41, 5.74) is 6.62. The van der Waals surface area contributed by atoms with E-state index < -0.39 is 11.8 Å². The molecule has 3 rings (SSSR count). The van der Waals surface area contributed by atoms with Crippen LogP contribution in [0.25, 0.3) is 0 Å². The molecule has 0 aromatic heterocycles. The second kappa shape index (κ2) is 8.22. The molecule has 27 heavy (non-hydrogen) atoms. The quantitative estimate of drug-likeness (QED) is 0.732. The Kier molecular flexibility index (Phi) is 5.75. The van der Waals surface area contributed by atoms with Crippen LogP contribution in [0.5, 0.6) is 5.75 Å². The lowest BCUT2D eigenvalue weighted by molar-refractivity contribution is -0.123. The van der Waals surface area contributed by atoms with Crippen molar-refractivity contribution in [2.24, 2.45) is 11.7 Å². The van der Waals surface area contributed by atoms with Gasteiger partial charge in [-0.1, -0.05) is 15.9 Å². The van der Waals surface area contributed by atoms with Crippen molar-refractivity contribution in [3.05, 3.63) is 53.0 Å². The fraction of sp³-hybridized carbons (Fsp3) is 0.211. The molecular weight excluding hydrogens is 414 g/mol. The van der Waals surface area contributed by atoms with Gasteiger partial charge in [0, 0.05) is 28.8 Å². The van der Waals surface area contributed by atoms with Crippen molar-refractivity contribution < 1.29 is 19.1 Å². The molecule has 3 amide bonds. The van der Waals surface area contributed by atoms with Gasteiger partial charge in [-0.15, -0.1) is 0 Å². The van der Waals surface area contributed by atoms with Gasteiger partial charge in [0.05, 0.1) is 5.92 Å². The van der Waals surface area contributed by atoms with E-state index in [-0.39, 0.29) is 31.4 Å². The summed E-state index contributed by atoms with van der Waals surface area (Å²) in [6.07, 6.45) is 0.129. The highest BCUT2D eigenvalue weighted by molar-refractivity contribution is 9.10. The fourth-order valence-electron chi connectivity index (χ4n) is 2.75. The smallest absolute Gasteiger partial charge is 0.262 e. The van der Waals surface area contributed by atoms with Crippen LogP contribution in [0.3, 0.4) is 0 Å². The Bertz CT molecular complexity index is 852. The van der Waals surface area contributed by atoms with Crippen LogP contribution in [0.15, 0.2) is 53.0 Å². The maximum Gasteiger partial charge on any atom is 0.262 e. The van der Waals surface area contributed by atoms with Gasteiger partial charge in [0.2, 0.25) is 11.8 Å². The number of amides is 3. The SMILES string of the molecule is NC(=O)[C@H]1CC(=O)N(c2ccc(OCC(=O)Nc3ccc(Br)cc3)cc2)C1. The number of anilines is 2. The zero-order valence-electron chi connectivity index (χ0n) is 14.4. The average molecular weight is 432 g/mol. The number of hydrogen-bond donors (Lipinski definition) is 2. The van der Waals surface area contributed by atoms with E-state index in [2.05, 4.69) is 21.2 Å². The van der Waals surface area contributed by atoms with E-state index in [1.807, 2.05) is 12.1 Å². The first kappa shape index (κ1) is 18.9. The lowest BCUT2D eigenvalue weighted by atomic mass is 10.1. The number of benzene rings is 2. The topological polar surface area (TPSA) is 102 Å². The minimum absolute atomic E-state index is 0.129. The number of nitrogens with two attached hydrogens (primary N) is 1. The molecule has 2 aromatic rings. The number of hydrogen-bond acceptors (Lipinski definition) is 4. The standard InChI is InChI=1S/C19H18BrN3O4/c20-13-1-3-14(4-2-13)22-17(24)11-27-16-7-5-15(6-8-16)23-10-12(19(21)26)9-18(23)25/h1-8,12H,9-11H2,(H2,21,26)(H,22,24)/t12-/m0/s1. The summed E-state index contributed by atoms with van der Waals surface area (Å²) < 4.78 is 6.40. The van der Waals surface area contributed by atoms with E-state index in [1.165, 1.54) is 4.90 Å². The second-order valence-electron chi connectivity index (χ2n) is 6.15. The molecule has 0 unspecified atom stereocenters. The first-order chi connectivity index (χ1) is 12.9. The predicted molar refractivity (Wildman–Crippen MR) is 104 cm³/mol. The molecule has 0 saturated carbocycles. The number of halogens is 1. The van der Waals surface area contributed by atoms with Gasteiger partial charge in [-0.2, -0.15) is 0 Å². The minimum atomic E-state index is -0.470. The Morgan fingerprint density at radius 2 is 1.81 bits per heavy atom. The van der Waals surface area contributed by atoms with Gasteiger partial charge in [-0.05, 0) is 48.5 Å². The molecular formula is C19H18BrN3O4. The van der Waals surface area contributed by atoms with E-state index >= 15 is 0 Å². The normalized spacial score (nSPS) is 16.3. The highest BCUT2D eigenvalue weighted by Crippen LogP contribution is 2.26. The second-order valence-corrected chi connectivity index (χ2v) is 7.06. The highest BCUT2D eigenvalue weighted by atomic mass is 79.9. The summed E-state index contributed by atoms with van der Waals surface area (Å²) >= 11 is 3.33. The minimum Gasteiger partial charge on any atom is -0.484 e. The van der Waals surface area contributed by atoms with Crippen LogP contribution in [-0.4, -0.2) is 30.9 Å². The van der Waals surface area contributed by atoms with Crippen molar-refractivity contribution in [3.63, 3.8) is 0 Å². The average Bonchev–Trinajstić information content (AvgIpc) is 3.04. The molecule has 1 aliphatic heterocycles. The maximum absolute atomic E-state index is 12.0. The molecule has 0 spiro atoms. The largest absolute Gasteiger partial charge is 0.484 e. The van der Waals surface area contributed by atoms with E-state index in [0.717, 1.165) is 4.47 Å². The van der Waals surface area contributed by atoms with E-state index in [9.17, 15) is 14.4 Å². The van der Waals surface area contributed by atoms with E-state index in [4.69, 9.17) is 10.5 Å². The summed E-state index contributed by atoms with van der Waals surface area (Å²) in [6, 6.07) is 14.0. The molecule has 1 atom stereocenters. The predicted octanol–water partition coefficient (Wildman–Crippen LogP) is 2.30. The van der Waals surface area contributed by atoms with Crippen molar-refractivity contribution in [1.29, 1.82) is 0 Å². The number of ether oxygens (including phenoxy) is 1. The molecule has 1 aliphatic rings. The van der Waals surface area contributed by atoms with Gasteiger partial charge >= 0.3 is 0 Å². The highest BCUT2D eigenvalue weighted by Gasteiger charge is 2.33. The molecule has 1 saturated heterocycles. The number of nitrogens with one attached hydrogen (secondary N) is 1. The molecule has 1 heterocycles. The summed E-state index contributed by atoms with van der Waals surface area (Å²) in [4.78, 5) is 36.7. The molecule has 0 radical (unpaired) electrons. The van der Waals surface area contributed by atoms with Crippen LogP contribution in [0.1, 0.15) is 6.42 Å². The molecule has 140 valence electrons. The van der Waals surface area contributed by atoms with Crippen molar-refractivity contribution in [2.75, 3.05) is 23.4 Å². The van der Waals surface area contributed by atoms with Crippen LogP contribution < -0.4 is 20.7 Å². The summed E-state index contributed by atoms with van der Waals surface area (Å²) in [6.45, 7) is 0.145. The van der Waals surface area contributed by atoms with Crippen molar-refractivity contribution in [2.45, 2.75) is 6.42 Å². The number of primary amides is 1. The Morgan fingerprint density at radius 3 is 2.41 bits per heavy atom. The van der Waals surface area contributed by atoms with Crippen LogP contribution >= 0.6 is 15.9 Å². The number of carbonyl (C=O) groups excluding carboxylic acids is 3. The van der Waals surface area contributed by atoms with Gasteiger partial charge in [-0.3, -0.25) is 14.4 Å². The van der Waals surface area contributed by atoms with Crippen LogP contribution in [0.2, 0.25) is 0 Å². The van der Waals surface area contributed by atoms with Gasteiger partial charge in [-0.25, -0.2) is 0 Å². The number of rotatable bonds is 6. The lowest BCUT2D eigenvalue weighted by Crippen LogP contribution is -2.28. The molecule has 0 aliphatic carbocycles. The van der Waals surface area contributed by atoms with E-state index in [1.54, 1.807) is 36.4 Å². The third-order valence-electron chi connectivity index (χ3n) is 4.17. The number of carbonyl (C=O) groups is 3. The monoisotopic (exact) mass is 431 g/mol. The lowest BCUT2D eigenvalue weighted by Gasteiger charge is -2.16. The third-order valence-corrected chi connectivity index (χ3v) is 4.70. The summed E-state index contributed by atoms with van der Waals surface area (Å²) in [5.74, 6) is -0.845. The molecule has 8 heteroatoms. The van der Waals surface area contributed by atoms with Crippen molar-refractivity contribution in [1.82, 2.24) is 0 Å². The summed E-state index contributed by atoms with van der Waals surface area (Å²) in [5, 5.41) is 2.74. The first-order valence-electron chi connectivity index (χ1n) is 8.30. The van der Waals surface area contributed by atoms with E-state index in [0.29, 0.717) is 17.1 Å². The Hall–Kier alpha value is -2.87. The molecule has 7 nitrogen and oxygen atoms in total. The molecule has 1 fully saturated rings. The summed E-state index contributed by atoms with van der Waals surface area (Å²) in [7, 11) is 0. The number of nitrogens with zero attached hydrogens (tertiary/aromatic N) is 1. The molecule has 3 N–H and O–H groups in total. The Morgan fingerprint density at radius 1 is 1.15 bits per heavy atom. The maximum atomic E-state index is 12.0. The van der Waals surface area contributed by atoms with Crippen molar-refractivity contribution in [3.8, 4) is 5.75 Å². The molecule has 2 aromatic carbocycles. The van der Waals surface area contributed by atoms with Gasteiger partial charge in [0.15, 0.2) is 6.61 Å². The molecule has 0 bridgehead atoms. The van der Waals surface area contributed by atoms with Crippen LogP contribution in [-0.2, 0) is 14.4 Å². The van der Waals surface area contributed by atoms with Crippen LogP contribution in [0, 0.1) is 5.92 Å². The van der Waals surface area contributed by atoms with Gasteiger partial charge in [0.1, 0.15) is 5.75 Å². The third kappa shape index (κ3) is 4.85. The van der Waals surface area contributed by atoms with Gasteiger partial charge in [0.25, 0.3) is 5.91 Å². The Labute approximate surface area is 164 Å². The zero-order chi connectivity index (χ0) is 19.4. The van der Waals surface area contributed by atoms with Crippen LogP contribution in [0.4, 0.5) is 11.4 Å². The zero-order valence-corrected chi connectivity index (χ0v) is 15.9. The fourth-order valence-corrected chi connectivity index (χ4v) is 3.01. The Balaban J connectivity index is 1.53. The van der Waals surface area contributed by atoms with Gasteiger partial charge < -0.3 is 20.7 Å². The first-order valence-corrected chi connectivity index (χ1v) is 9.09. The van der Waals surface area contributed by atoms with Crippen molar-refractivity contribution >= 4 is 45.0 Å².